The van der Waals surface area contributed by atoms with Gasteiger partial charge in [-0.15, -0.1) is 0 Å². The number of sulfonamides is 1. The molecule has 0 spiro atoms. The summed E-state index contributed by atoms with van der Waals surface area (Å²) in [6, 6.07) is 12.2. The first-order valence-corrected chi connectivity index (χ1v) is 10.4. The van der Waals surface area contributed by atoms with Gasteiger partial charge < -0.3 is 14.8 Å². The van der Waals surface area contributed by atoms with Gasteiger partial charge in [-0.25, -0.2) is 8.42 Å². The number of carbonyl (C=O) groups is 1. The number of benzene rings is 2. The van der Waals surface area contributed by atoms with Gasteiger partial charge in [0.15, 0.2) is 11.5 Å². The van der Waals surface area contributed by atoms with E-state index >= 15 is 0 Å². The number of hydrogen-bond acceptors (Lipinski definition) is 5. The Bertz CT molecular complexity index is 974. The number of nitrogens with one attached hydrogen (secondary N) is 1. The van der Waals surface area contributed by atoms with Crippen LogP contribution < -0.4 is 14.8 Å². The Morgan fingerprint density at radius 1 is 1.14 bits per heavy atom. The maximum absolute atomic E-state index is 12.7. The third kappa shape index (κ3) is 4.45. The van der Waals surface area contributed by atoms with Gasteiger partial charge >= 0.3 is 0 Å². The number of aryl methyl sites for hydroxylation is 2. The van der Waals surface area contributed by atoms with E-state index in [4.69, 9.17) is 9.47 Å². The Balaban J connectivity index is 1.55. The number of carbonyl (C=O) groups excluding carboxylic acids is 1. The van der Waals surface area contributed by atoms with Crippen molar-refractivity contribution >= 4 is 15.9 Å². The number of ether oxygens (including phenoxy) is 2. The molecule has 3 rings (SSSR count). The first-order valence-electron chi connectivity index (χ1n) is 8.96. The van der Waals surface area contributed by atoms with Gasteiger partial charge in [0.25, 0.3) is 0 Å². The summed E-state index contributed by atoms with van der Waals surface area (Å²) >= 11 is 0. The monoisotopic (exact) mass is 404 g/mol. The van der Waals surface area contributed by atoms with Gasteiger partial charge in [0.2, 0.25) is 15.9 Å². The van der Waals surface area contributed by atoms with Crippen molar-refractivity contribution in [3.8, 4) is 11.5 Å². The maximum atomic E-state index is 12.7. The van der Waals surface area contributed by atoms with E-state index in [1.165, 1.54) is 7.05 Å². The minimum Gasteiger partial charge on any atom is -0.486 e. The fraction of sp³-hybridized carbons (Fsp3) is 0.350. The van der Waals surface area contributed by atoms with Crippen molar-refractivity contribution < 1.29 is 22.7 Å². The SMILES string of the molecule is Cc1ccc(S(=O)(=O)N(C)CC(=O)NC[C@H]2COc3ccccc3O2)cc1C. The summed E-state index contributed by atoms with van der Waals surface area (Å²) < 4.78 is 37.8. The summed E-state index contributed by atoms with van der Waals surface area (Å²) in [5.41, 5.74) is 1.89. The third-order valence-corrected chi connectivity index (χ3v) is 6.45. The van der Waals surface area contributed by atoms with Crippen molar-refractivity contribution in [3.05, 3.63) is 53.6 Å². The lowest BCUT2D eigenvalue weighted by molar-refractivity contribution is -0.121. The first-order chi connectivity index (χ1) is 13.3. The van der Waals surface area contributed by atoms with Gasteiger partial charge in [-0.2, -0.15) is 4.31 Å². The maximum Gasteiger partial charge on any atom is 0.243 e. The molecular formula is C20H24N2O5S. The normalized spacial score (nSPS) is 16.1. The van der Waals surface area contributed by atoms with Crippen molar-refractivity contribution in [2.24, 2.45) is 0 Å². The van der Waals surface area contributed by atoms with Gasteiger partial charge in [-0.05, 0) is 49.2 Å². The van der Waals surface area contributed by atoms with Crippen molar-refractivity contribution in [1.82, 2.24) is 9.62 Å². The third-order valence-electron chi connectivity index (χ3n) is 4.65. The number of likely N-dealkylation sites (N-methyl/N-ethyl adjacent to an activating group) is 1. The molecule has 0 unspecified atom stereocenters. The van der Waals surface area contributed by atoms with E-state index < -0.39 is 15.9 Å². The second-order valence-electron chi connectivity index (χ2n) is 6.81. The summed E-state index contributed by atoms with van der Waals surface area (Å²) in [4.78, 5) is 12.4. The molecule has 2 aromatic rings. The zero-order chi connectivity index (χ0) is 20.3. The molecule has 1 heterocycles. The van der Waals surface area contributed by atoms with Crippen LogP contribution in [0.4, 0.5) is 0 Å². The van der Waals surface area contributed by atoms with Crippen LogP contribution in [0, 0.1) is 13.8 Å². The summed E-state index contributed by atoms with van der Waals surface area (Å²) in [5.74, 6) is 0.893. The highest BCUT2D eigenvalue weighted by Gasteiger charge is 2.25. The molecule has 8 heteroatoms. The van der Waals surface area contributed by atoms with Crippen LogP contribution in [0.15, 0.2) is 47.4 Å². The minimum atomic E-state index is -3.74. The molecule has 1 aliphatic rings. The lowest BCUT2D eigenvalue weighted by Crippen LogP contribution is -2.44. The fourth-order valence-electron chi connectivity index (χ4n) is 2.79. The van der Waals surface area contributed by atoms with E-state index in [0.29, 0.717) is 18.1 Å². The molecule has 0 saturated heterocycles. The largest absolute Gasteiger partial charge is 0.486 e. The molecule has 1 aliphatic heterocycles. The molecule has 1 amide bonds. The highest BCUT2D eigenvalue weighted by molar-refractivity contribution is 7.89. The molecule has 0 aliphatic carbocycles. The van der Waals surface area contributed by atoms with E-state index in [1.54, 1.807) is 24.3 Å². The Kier molecular flexibility index (Phi) is 5.90. The van der Waals surface area contributed by atoms with Crippen molar-refractivity contribution in [1.29, 1.82) is 0 Å². The lowest BCUT2D eigenvalue weighted by atomic mass is 10.1. The Morgan fingerprint density at radius 3 is 2.57 bits per heavy atom. The van der Waals surface area contributed by atoms with Gasteiger partial charge in [0, 0.05) is 7.05 Å². The Labute approximate surface area is 165 Å². The zero-order valence-corrected chi connectivity index (χ0v) is 17.0. The van der Waals surface area contributed by atoms with Crippen molar-refractivity contribution in [2.75, 3.05) is 26.7 Å². The van der Waals surface area contributed by atoms with E-state index in [1.807, 2.05) is 32.0 Å². The highest BCUT2D eigenvalue weighted by Crippen LogP contribution is 2.30. The lowest BCUT2D eigenvalue weighted by Gasteiger charge is -2.26. The first kappa shape index (κ1) is 20.2. The quantitative estimate of drug-likeness (QED) is 0.795. The molecule has 150 valence electrons. The summed E-state index contributed by atoms with van der Waals surface area (Å²) in [5, 5.41) is 2.71. The number of amides is 1. The van der Waals surface area contributed by atoms with Crippen LogP contribution in [-0.4, -0.2) is 51.5 Å². The summed E-state index contributed by atoms with van der Waals surface area (Å²) in [7, 11) is -2.35. The van der Waals surface area contributed by atoms with Crippen molar-refractivity contribution in [2.45, 2.75) is 24.8 Å². The van der Waals surface area contributed by atoms with Gasteiger partial charge in [-0.1, -0.05) is 18.2 Å². The van der Waals surface area contributed by atoms with Crippen LogP contribution in [0.5, 0.6) is 11.5 Å². The number of rotatable bonds is 6. The Morgan fingerprint density at radius 2 is 1.86 bits per heavy atom. The van der Waals surface area contributed by atoms with E-state index in [-0.39, 0.29) is 24.1 Å². The van der Waals surface area contributed by atoms with Crippen LogP contribution in [0.2, 0.25) is 0 Å². The topological polar surface area (TPSA) is 84.9 Å². The fourth-order valence-corrected chi connectivity index (χ4v) is 4.00. The predicted octanol–water partition coefficient (Wildman–Crippen LogP) is 1.88. The average Bonchev–Trinajstić information content (AvgIpc) is 2.68. The molecule has 0 saturated carbocycles. The molecule has 0 aromatic heterocycles. The van der Waals surface area contributed by atoms with Gasteiger partial charge in [-0.3, -0.25) is 4.79 Å². The molecular weight excluding hydrogens is 380 g/mol. The number of hydrogen-bond donors (Lipinski definition) is 1. The number of nitrogens with zero attached hydrogens (tertiary/aromatic N) is 1. The molecule has 1 atom stereocenters. The molecule has 0 fully saturated rings. The molecule has 0 bridgehead atoms. The molecule has 0 radical (unpaired) electrons. The standard InChI is InChI=1S/C20H24N2O5S/c1-14-8-9-17(10-15(14)2)28(24,25)22(3)12-20(23)21-11-16-13-26-18-6-4-5-7-19(18)27-16/h4-10,16H,11-13H2,1-3H3,(H,21,23)/t16-/m0/s1. The van der Waals surface area contributed by atoms with Crippen LogP contribution in [0.3, 0.4) is 0 Å². The summed E-state index contributed by atoms with van der Waals surface area (Å²) in [6.45, 7) is 4.03. The molecule has 2 aromatic carbocycles. The second kappa shape index (κ2) is 8.20. The molecule has 28 heavy (non-hydrogen) atoms. The summed E-state index contributed by atoms with van der Waals surface area (Å²) in [6.07, 6.45) is -0.333. The predicted molar refractivity (Wildman–Crippen MR) is 105 cm³/mol. The van der Waals surface area contributed by atoms with E-state index in [2.05, 4.69) is 5.32 Å². The number of fused-ring (bicyclic) bond motifs is 1. The zero-order valence-electron chi connectivity index (χ0n) is 16.1. The van der Waals surface area contributed by atoms with Crippen LogP contribution >= 0.6 is 0 Å². The van der Waals surface area contributed by atoms with Crippen LogP contribution in [0.1, 0.15) is 11.1 Å². The number of para-hydroxylation sites is 2. The van der Waals surface area contributed by atoms with E-state index in [9.17, 15) is 13.2 Å². The van der Waals surface area contributed by atoms with Gasteiger partial charge in [0.05, 0.1) is 18.0 Å². The van der Waals surface area contributed by atoms with Crippen LogP contribution in [0.25, 0.3) is 0 Å². The minimum absolute atomic E-state index is 0.173. The average molecular weight is 404 g/mol. The van der Waals surface area contributed by atoms with Crippen LogP contribution in [-0.2, 0) is 14.8 Å². The van der Waals surface area contributed by atoms with Crippen molar-refractivity contribution in [3.63, 3.8) is 0 Å². The molecule has 7 nitrogen and oxygen atoms in total. The van der Waals surface area contributed by atoms with Gasteiger partial charge in [0.1, 0.15) is 12.7 Å². The smallest absolute Gasteiger partial charge is 0.243 e. The van der Waals surface area contributed by atoms with E-state index in [0.717, 1.165) is 15.4 Å². The Hall–Kier alpha value is -2.58. The molecule has 1 N–H and O–H groups in total. The second-order valence-corrected chi connectivity index (χ2v) is 8.85. The highest BCUT2D eigenvalue weighted by atomic mass is 32.2.